The maximum absolute atomic E-state index is 2.51. The van der Waals surface area contributed by atoms with Crippen LogP contribution in [0.3, 0.4) is 0 Å². The van der Waals surface area contributed by atoms with E-state index in [-0.39, 0.29) is 11.3 Å². The Balaban J connectivity index is 1.15. The van der Waals surface area contributed by atoms with Crippen molar-refractivity contribution in [3.8, 4) is 39.1 Å². The number of benzene rings is 7. The monoisotopic (exact) mass is 641 g/mol. The standard InChI is InChI=1S/C49H39N/c1-49(2)45-24-13-12-23-42(45)47-44-33-40(29-30-46(44)50(48(47)49)41-21-10-5-11-22-41)43(38-18-8-4-9-19-38)32-34-15-14-20-39(31-34)37-27-25-36(26-28-37)35-16-6-3-7-17-35/h3-31,33,43H,32H2,1-2H3. The normalized spacial score (nSPS) is 13.6. The summed E-state index contributed by atoms with van der Waals surface area (Å²) in [7, 11) is 0. The molecule has 1 atom stereocenters. The van der Waals surface area contributed by atoms with Crippen LogP contribution in [0.1, 0.15) is 47.7 Å². The van der Waals surface area contributed by atoms with E-state index in [1.165, 1.54) is 77.9 Å². The molecule has 0 amide bonds. The summed E-state index contributed by atoms with van der Waals surface area (Å²) in [6, 6.07) is 66.9. The van der Waals surface area contributed by atoms with Gasteiger partial charge >= 0.3 is 0 Å². The van der Waals surface area contributed by atoms with E-state index in [4.69, 9.17) is 0 Å². The summed E-state index contributed by atoms with van der Waals surface area (Å²) in [5, 5.41) is 1.33. The third kappa shape index (κ3) is 5.09. The highest BCUT2D eigenvalue weighted by atomic mass is 15.0. The van der Waals surface area contributed by atoms with E-state index in [0.29, 0.717) is 0 Å². The number of aromatic nitrogens is 1. The van der Waals surface area contributed by atoms with Crippen molar-refractivity contribution in [2.45, 2.75) is 31.6 Å². The molecule has 1 aliphatic rings. The highest BCUT2D eigenvalue weighted by molar-refractivity contribution is 6.04. The van der Waals surface area contributed by atoms with Crippen LogP contribution in [0, 0.1) is 0 Å². The summed E-state index contributed by atoms with van der Waals surface area (Å²) in [6.07, 6.45) is 0.912. The molecule has 0 aliphatic heterocycles. The molecule has 1 aliphatic carbocycles. The van der Waals surface area contributed by atoms with Gasteiger partial charge in [-0.2, -0.15) is 0 Å². The largest absolute Gasteiger partial charge is 0.312 e. The van der Waals surface area contributed by atoms with Gasteiger partial charge in [-0.3, -0.25) is 0 Å². The Morgan fingerprint density at radius 2 is 1.10 bits per heavy atom. The van der Waals surface area contributed by atoms with Crippen molar-refractivity contribution in [2.75, 3.05) is 0 Å². The molecule has 0 fully saturated rings. The lowest BCUT2D eigenvalue weighted by Gasteiger charge is -2.24. The van der Waals surface area contributed by atoms with Crippen LogP contribution in [-0.2, 0) is 11.8 Å². The zero-order valence-corrected chi connectivity index (χ0v) is 28.6. The second-order valence-electron chi connectivity index (χ2n) is 14.2. The zero-order chi connectivity index (χ0) is 33.7. The molecule has 1 aromatic heterocycles. The van der Waals surface area contributed by atoms with E-state index in [9.17, 15) is 0 Å². The van der Waals surface area contributed by atoms with E-state index < -0.39 is 0 Å². The van der Waals surface area contributed by atoms with Gasteiger partial charge in [0, 0.05) is 33.7 Å². The molecule has 50 heavy (non-hydrogen) atoms. The van der Waals surface area contributed by atoms with Crippen molar-refractivity contribution in [3.63, 3.8) is 0 Å². The minimum atomic E-state index is -0.125. The van der Waals surface area contributed by atoms with Crippen LogP contribution in [0.2, 0.25) is 0 Å². The fourth-order valence-corrected chi connectivity index (χ4v) is 8.32. The van der Waals surface area contributed by atoms with E-state index in [0.717, 1.165) is 6.42 Å². The van der Waals surface area contributed by atoms with Gasteiger partial charge in [-0.15, -0.1) is 0 Å². The molecule has 0 bridgehead atoms. The SMILES string of the molecule is CC1(C)c2ccccc2-c2c1n(-c1ccccc1)c1ccc(C(Cc3cccc(-c4ccc(-c5ccccc5)cc4)c3)c3ccccc3)cc21. The first-order valence-electron chi connectivity index (χ1n) is 17.7. The first-order valence-corrected chi connectivity index (χ1v) is 17.7. The average Bonchev–Trinajstić information content (AvgIpc) is 3.65. The Hall–Kier alpha value is -5.92. The average molecular weight is 642 g/mol. The predicted octanol–water partition coefficient (Wildman–Crippen LogP) is 12.6. The molecule has 1 heteroatoms. The summed E-state index contributed by atoms with van der Waals surface area (Å²) >= 11 is 0. The van der Waals surface area contributed by atoms with Crippen LogP contribution in [0.4, 0.5) is 0 Å². The lowest BCUT2D eigenvalue weighted by molar-refractivity contribution is 0.624. The summed E-state index contributed by atoms with van der Waals surface area (Å²) in [4.78, 5) is 0. The smallest absolute Gasteiger partial charge is 0.0538 e. The molecule has 0 spiro atoms. The van der Waals surface area contributed by atoms with E-state index >= 15 is 0 Å². The topological polar surface area (TPSA) is 4.93 Å². The Bertz CT molecular complexity index is 2450. The van der Waals surface area contributed by atoms with Crippen LogP contribution >= 0.6 is 0 Å². The third-order valence-electron chi connectivity index (χ3n) is 10.8. The molecule has 7 aromatic carbocycles. The predicted molar refractivity (Wildman–Crippen MR) is 210 cm³/mol. The maximum atomic E-state index is 2.51. The Morgan fingerprint density at radius 1 is 0.500 bits per heavy atom. The number of rotatable bonds is 7. The first-order chi connectivity index (χ1) is 24.6. The molecule has 9 rings (SSSR count). The lowest BCUT2D eigenvalue weighted by atomic mass is 9.84. The highest BCUT2D eigenvalue weighted by Gasteiger charge is 2.40. The minimum Gasteiger partial charge on any atom is -0.312 e. The third-order valence-corrected chi connectivity index (χ3v) is 10.8. The number of nitrogens with zero attached hydrogens (tertiary/aromatic N) is 1. The van der Waals surface area contributed by atoms with Gasteiger partial charge in [-0.05, 0) is 80.8 Å². The van der Waals surface area contributed by atoms with E-state index in [1.54, 1.807) is 0 Å². The molecule has 0 saturated carbocycles. The molecule has 1 nitrogen and oxygen atoms in total. The molecule has 1 heterocycles. The van der Waals surface area contributed by atoms with Gasteiger partial charge in [0.25, 0.3) is 0 Å². The Kier molecular flexibility index (Phi) is 7.36. The minimum absolute atomic E-state index is 0.125. The van der Waals surface area contributed by atoms with Crippen LogP contribution in [0.15, 0.2) is 182 Å². The second-order valence-corrected chi connectivity index (χ2v) is 14.2. The van der Waals surface area contributed by atoms with Gasteiger partial charge < -0.3 is 4.57 Å². The van der Waals surface area contributed by atoms with E-state index in [1.807, 2.05) is 0 Å². The van der Waals surface area contributed by atoms with Crippen molar-refractivity contribution in [3.05, 3.63) is 210 Å². The van der Waals surface area contributed by atoms with E-state index in [2.05, 4.69) is 200 Å². The molecule has 8 aromatic rings. The molecular weight excluding hydrogens is 603 g/mol. The van der Waals surface area contributed by atoms with Gasteiger partial charge in [-0.25, -0.2) is 0 Å². The molecular formula is C49H39N. The summed E-state index contributed by atoms with van der Waals surface area (Å²) in [5.74, 6) is 0.205. The van der Waals surface area contributed by atoms with Gasteiger partial charge in [0.1, 0.15) is 0 Å². The molecule has 240 valence electrons. The number of fused-ring (bicyclic) bond motifs is 5. The quantitative estimate of drug-likeness (QED) is 0.163. The molecule has 1 unspecified atom stereocenters. The maximum Gasteiger partial charge on any atom is 0.0538 e. The number of hydrogen-bond acceptors (Lipinski definition) is 0. The van der Waals surface area contributed by atoms with Gasteiger partial charge in [0.15, 0.2) is 0 Å². The fourth-order valence-electron chi connectivity index (χ4n) is 8.32. The van der Waals surface area contributed by atoms with Crippen LogP contribution < -0.4 is 0 Å². The molecule has 0 radical (unpaired) electrons. The van der Waals surface area contributed by atoms with Crippen LogP contribution in [0.5, 0.6) is 0 Å². The van der Waals surface area contributed by atoms with Gasteiger partial charge in [0.2, 0.25) is 0 Å². The summed E-state index contributed by atoms with van der Waals surface area (Å²) < 4.78 is 2.51. The van der Waals surface area contributed by atoms with Crippen LogP contribution in [-0.4, -0.2) is 4.57 Å². The van der Waals surface area contributed by atoms with Crippen molar-refractivity contribution >= 4 is 10.9 Å². The van der Waals surface area contributed by atoms with Crippen molar-refractivity contribution in [2.24, 2.45) is 0 Å². The van der Waals surface area contributed by atoms with Crippen molar-refractivity contribution < 1.29 is 0 Å². The Labute approximate surface area is 295 Å². The summed E-state index contributed by atoms with van der Waals surface area (Å²) in [6.45, 7) is 4.76. The Morgan fingerprint density at radius 3 is 1.84 bits per heavy atom. The second kappa shape index (κ2) is 12.2. The highest BCUT2D eigenvalue weighted by Crippen LogP contribution is 2.54. The molecule has 0 saturated heterocycles. The summed E-state index contributed by atoms with van der Waals surface area (Å²) in [5.41, 5.74) is 16.8. The first kappa shape index (κ1) is 30.2. The number of hydrogen-bond donors (Lipinski definition) is 0. The zero-order valence-electron chi connectivity index (χ0n) is 28.6. The lowest BCUT2D eigenvalue weighted by Crippen LogP contribution is -2.19. The van der Waals surface area contributed by atoms with Crippen molar-refractivity contribution in [1.29, 1.82) is 0 Å². The van der Waals surface area contributed by atoms with Crippen LogP contribution in [0.25, 0.3) is 50.0 Å². The van der Waals surface area contributed by atoms with Gasteiger partial charge in [0.05, 0.1) is 5.52 Å². The number of para-hydroxylation sites is 1. The van der Waals surface area contributed by atoms with Crippen molar-refractivity contribution in [1.82, 2.24) is 4.57 Å². The fraction of sp³-hybridized carbons (Fsp3) is 0.102. The van der Waals surface area contributed by atoms with Gasteiger partial charge in [-0.1, -0.05) is 172 Å². The molecule has 0 N–H and O–H groups in total.